The molecule has 0 spiro atoms. The van der Waals surface area contributed by atoms with Crippen LogP contribution in [0.15, 0.2) is 18.2 Å². The van der Waals surface area contributed by atoms with Crippen LogP contribution in [0.2, 0.25) is 10.0 Å². The van der Waals surface area contributed by atoms with Crippen molar-refractivity contribution in [3.63, 3.8) is 0 Å². The third-order valence-electron chi connectivity index (χ3n) is 3.07. The van der Waals surface area contributed by atoms with E-state index in [4.69, 9.17) is 23.2 Å². The molecule has 3 nitrogen and oxygen atoms in total. The van der Waals surface area contributed by atoms with Crippen LogP contribution in [0.5, 0.6) is 0 Å². The largest absolute Gasteiger partial charge is 0.375 e. The van der Waals surface area contributed by atoms with Crippen molar-refractivity contribution in [3.05, 3.63) is 28.2 Å². The highest BCUT2D eigenvalue weighted by Crippen LogP contribution is 2.25. The molecule has 18 heavy (non-hydrogen) atoms. The topological polar surface area (TPSA) is 32.3 Å². The number of carbonyl (C=O) groups is 1. The number of benzene rings is 1. The zero-order valence-electron chi connectivity index (χ0n) is 10.1. The van der Waals surface area contributed by atoms with E-state index < -0.39 is 0 Å². The van der Waals surface area contributed by atoms with Crippen LogP contribution in [0.25, 0.3) is 0 Å². The average molecular weight is 287 g/mol. The molecular formula is C13H16Cl2N2O. The first kappa shape index (κ1) is 13.5. The number of nitrogens with zero attached hydrogens (tertiary/aromatic N) is 1. The monoisotopic (exact) mass is 286 g/mol. The summed E-state index contributed by atoms with van der Waals surface area (Å²) < 4.78 is 0. The smallest absolute Gasteiger partial charge is 0.241 e. The number of amides is 1. The van der Waals surface area contributed by atoms with Crippen LogP contribution in [0.3, 0.4) is 0 Å². The van der Waals surface area contributed by atoms with Crippen molar-refractivity contribution in [1.82, 2.24) is 4.90 Å². The fourth-order valence-corrected chi connectivity index (χ4v) is 2.53. The summed E-state index contributed by atoms with van der Waals surface area (Å²) in [6.07, 6.45) is 3.43. The van der Waals surface area contributed by atoms with Crippen LogP contribution in [-0.2, 0) is 4.79 Å². The highest BCUT2D eigenvalue weighted by atomic mass is 35.5. The first-order chi connectivity index (χ1) is 8.66. The SMILES string of the molecule is O=C(CNc1ccc(Cl)cc1Cl)N1CCCCC1. The second kappa shape index (κ2) is 6.30. The third kappa shape index (κ3) is 3.53. The Balaban J connectivity index is 1.88. The zero-order chi connectivity index (χ0) is 13.0. The van der Waals surface area contributed by atoms with Gasteiger partial charge in [-0.15, -0.1) is 0 Å². The van der Waals surface area contributed by atoms with Crippen LogP contribution in [0.4, 0.5) is 5.69 Å². The van der Waals surface area contributed by atoms with Gasteiger partial charge in [-0.05, 0) is 37.5 Å². The molecule has 0 radical (unpaired) electrons. The van der Waals surface area contributed by atoms with Gasteiger partial charge in [-0.2, -0.15) is 0 Å². The molecule has 1 aliphatic heterocycles. The normalized spacial score (nSPS) is 15.6. The number of rotatable bonds is 3. The Morgan fingerprint density at radius 3 is 2.61 bits per heavy atom. The van der Waals surface area contributed by atoms with Gasteiger partial charge in [0.1, 0.15) is 0 Å². The van der Waals surface area contributed by atoms with Crippen molar-refractivity contribution in [2.45, 2.75) is 19.3 Å². The van der Waals surface area contributed by atoms with Crippen molar-refractivity contribution in [1.29, 1.82) is 0 Å². The summed E-state index contributed by atoms with van der Waals surface area (Å²) in [6, 6.07) is 5.20. The van der Waals surface area contributed by atoms with Gasteiger partial charge in [0, 0.05) is 18.1 Å². The van der Waals surface area contributed by atoms with Gasteiger partial charge in [-0.25, -0.2) is 0 Å². The maximum atomic E-state index is 11.9. The van der Waals surface area contributed by atoms with Crippen molar-refractivity contribution < 1.29 is 4.79 Å². The fraction of sp³-hybridized carbons (Fsp3) is 0.462. The minimum absolute atomic E-state index is 0.126. The molecule has 1 amide bonds. The number of anilines is 1. The van der Waals surface area contributed by atoms with E-state index in [0.29, 0.717) is 10.0 Å². The van der Waals surface area contributed by atoms with E-state index in [2.05, 4.69) is 5.32 Å². The molecule has 1 aromatic rings. The number of halogens is 2. The number of hydrogen-bond donors (Lipinski definition) is 1. The van der Waals surface area contributed by atoms with Gasteiger partial charge < -0.3 is 10.2 Å². The fourth-order valence-electron chi connectivity index (χ4n) is 2.06. The molecule has 0 atom stereocenters. The minimum atomic E-state index is 0.126. The van der Waals surface area contributed by atoms with Gasteiger partial charge in [-0.1, -0.05) is 23.2 Å². The highest BCUT2D eigenvalue weighted by molar-refractivity contribution is 6.36. The van der Waals surface area contributed by atoms with Crippen LogP contribution in [-0.4, -0.2) is 30.4 Å². The van der Waals surface area contributed by atoms with E-state index in [-0.39, 0.29) is 12.5 Å². The molecule has 0 aromatic heterocycles. The quantitative estimate of drug-likeness (QED) is 0.924. The van der Waals surface area contributed by atoms with Crippen LogP contribution >= 0.6 is 23.2 Å². The molecule has 1 fully saturated rings. The molecule has 1 aromatic carbocycles. The summed E-state index contributed by atoms with van der Waals surface area (Å²) in [5, 5.41) is 4.18. The molecule has 5 heteroatoms. The number of carbonyl (C=O) groups excluding carboxylic acids is 1. The summed E-state index contributed by atoms with van der Waals surface area (Å²) in [4.78, 5) is 13.8. The lowest BCUT2D eigenvalue weighted by atomic mass is 10.1. The first-order valence-electron chi connectivity index (χ1n) is 6.13. The Morgan fingerprint density at radius 2 is 1.94 bits per heavy atom. The van der Waals surface area contributed by atoms with E-state index in [9.17, 15) is 4.79 Å². The van der Waals surface area contributed by atoms with Crippen LogP contribution in [0, 0.1) is 0 Å². The molecule has 0 saturated carbocycles. The van der Waals surface area contributed by atoms with E-state index in [1.807, 2.05) is 4.90 Å². The molecule has 1 heterocycles. The summed E-state index contributed by atoms with van der Waals surface area (Å²) >= 11 is 11.8. The van der Waals surface area contributed by atoms with Crippen molar-refractivity contribution in [2.24, 2.45) is 0 Å². The van der Waals surface area contributed by atoms with Gasteiger partial charge in [0.05, 0.1) is 17.3 Å². The third-order valence-corrected chi connectivity index (χ3v) is 3.62. The van der Waals surface area contributed by atoms with Crippen LogP contribution < -0.4 is 5.32 Å². The van der Waals surface area contributed by atoms with Gasteiger partial charge >= 0.3 is 0 Å². The zero-order valence-corrected chi connectivity index (χ0v) is 11.6. The Hall–Kier alpha value is -0.930. The van der Waals surface area contributed by atoms with E-state index in [0.717, 1.165) is 31.6 Å². The first-order valence-corrected chi connectivity index (χ1v) is 6.89. The summed E-state index contributed by atoms with van der Waals surface area (Å²) in [5.41, 5.74) is 0.742. The number of piperidine rings is 1. The van der Waals surface area contributed by atoms with Crippen molar-refractivity contribution in [2.75, 3.05) is 25.0 Å². The Kier molecular flexibility index (Phi) is 4.72. The molecule has 98 valence electrons. The predicted molar refractivity (Wildman–Crippen MR) is 75.4 cm³/mol. The van der Waals surface area contributed by atoms with Crippen molar-refractivity contribution in [3.8, 4) is 0 Å². The summed E-state index contributed by atoms with van der Waals surface area (Å²) in [5.74, 6) is 0.126. The molecule has 1 N–H and O–H groups in total. The molecule has 0 aliphatic carbocycles. The van der Waals surface area contributed by atoms with E-state index in [1.54, 1.807) is 18.2 Å². The standard InChI is InChI=1S/C13H16Cl2N2O/c14-10-4-5-12(11(15)8-10)16-9-13(18)17-6-2-1-3-7-17/h4-5,8,16H,1-3,6-7,9H2. The maximum absolute atomic E-state index is 11.9. The molecule has 0 unspecified atom stereocenters. The molecule has 0 bridgehead atoms. The molecule has 2 rings (SSSR count). The second-order valence-corrected chi connectivity index (χ2v) is 5.26. The van der Waals surface area contributed by atoms with Gasteiger partial charge in [0.25, 0.3) is 0 Å². The Labute approximate surface area is 117 Å². The lowest BCUT2D eigenvalue weighted by Crippen LogP contribution is -2.39. The van der Waals surface area contributed by atoms with E-state index >= 15 is 0 Å². The molecular weight excluding hydrogens is 271 g/mol. The second-order valence-electron chi connectivity index (χ2n) is 4.42. The Bertz CT molecular complexity index is 431. The van der Waals surface area contributed by atoms with Gasteiger partial charge in [-0.3, -0.25) is 4.79 Å². The highest BCUT2D eigenvalue weighted by Gasteiger charge is 2.16. The summed E-state index contributed by atoms with van der Waals surface area (Å²) in [7, 11) is 0. The average Bonchev–Trinajstić information content (AvgIpc) is 2.38. The number of nitrogens with one attached hydrogen (secondary N) is 1. The minimum Gasteiger partial charge on any atom is -0.375 e. The lowest BCUT2D eigenvalue weighted by Gasteiger charge is -2.27. The van der Waals surface area contributed by atoms with E-state index in [1.165, 1.54) is 6.42 Å². The molecule has 1 aliphatic rings. The Morgan fingerprint density at radius 1 is 1.22 bits per heavy atom. The predicted octanol–water partition coefficient (Wildman–Crippen LogP) is 3.42. The van der Waals surface area contributed by atoms with Crippen molar-refractivity contribution >= 4 is 34.8 Å². The van der Waals surface area contributed by atoms with Gasteiger partial charge in [0.2, 0.25) is 5.91 Å². The molecule has 1 saturated heterocycles. The number of likely N-dealkylation sites (tertiary alicyclic amines) is 1. The van der Waals surface area contributed by atoms with Gasteiger partial charge in [0.15, 0.2) is 0 Å². The number of hydrogen-bond acceptors (Lipinski definition) is 2. The van der Waals surface area contributed by atoms with Crippen LogP contribution in [0.1, 0.15) is 19.3 Å². The summed E-state index contributed by atoms with van der Waals surface area (Å²) in [6.45, 7) is 2.02. The lowest BCUT2D eigenvalue weighted by molar-refractivity contribution is -0.130. The maximum Gasteiger partial charge on any atom is 0.241 e.